The Morgan fingerprint density at radius 3 is 2.72 bits per heavy atom. The zero-order valence-corrected chi connectivity index (χ0v) is 10.2. The van der Waals surface area contributed by atoms with Crippen molar-refractivity contribution in [3.63, 3.8) is 0 Å². The predicted octanol–water partition coefficient (Wildman–Crippen LogP) is 0.451. The van der Waals surface area contributed by atoms with Crippen LogP contribution in [0.15, 0.2) is 35.3 Å². The van der Waals surface area contributed by atoms with Crippen molar-refractivity contribution in [2.24, 2.45) is 16.5 Å². The normalized spacial score (nSPS) is 20.1. The second kappa shape index (κ2) is 5.53. The first-order chi connectivity index (χ1) is 8.68. The summed E-state index contributed by atoms with van der Waals surface area (Å²) >= 11 is 0. The van der Waals surface area contributed by atoms with Crippen LogP contribution < -0.4 is 11.5 Å². The van der Waals surface area contributed by atoms with Gasteiger partial charge in [-0.25, -0.2) is 4.99 Å². The third-order valence-electron chi connectivity index (χ3n) is 3.14. The summed E-state index contributed by atoms with van der Waals surface area (Å²) in [5.41, 5.74) is 12.4. The number of likely N-dealkylation sites (tertiary alicyclic amines) is 1. The SMILES string of the molecule is NC(=O)C1CCCN1C(N)=NCc1ccccc1. The van der Waals surface area contributed by atoms with Gasteiger partial charge in [0.1, 0.15) is 6.04 Å². The van der Waals surface area contributed by atoms with Gasteiger partial charge in [-0.1, -0.05) is 30.3 Å². The van der Waals surface area contributed by atoms with Crippen LogP contribution in [0, 0.1) is 0 Å². The minimum atomic E-state index is -0.328. The predicted molar refractivity (Wildman–Crippen MR) is 70.7 cm³/mol. The van der Waals surface area contributed by atoms with Gasteiger partial charge < -0.3 is 16.4 Å². The van der Waals surface area contributed by atoms with Gasteiger partial charge >= 0.3 is 0 Å². The lowest BCUT2D eigenvalue weighted by Crippen LogP contribution is -2.47. The molecule has 1 aliphatic rings. The lowest BCUT2D eigenvalue weighted by molar-refractivity contribution is -0.121. The van der Waals surface area contributed by atoms with Crippen molar-refractivity contribution in [1.29, 1.82) is 0 Å². The van der Waals surface area contributed by atoms with Crippen LogP contribution in [0.3, 0.4) is 0 Å². The number of nitrogens with two attached hydrogens (primary N) is 2. The molecule has 1 fully saturated rings. The standard InChI is InChI=1S/C13H18N4O/c14-12(18)11-7-4-8-17(11)13(15)16-9-10-5-2-1-3-6-10/h1-3,5-6,11H,4,7-9H2,(H2,14,18)(H2,15,16). The maximum atomic E-state index is 11.3. The van der Waals surface area contributed by atoms with Crippen LogP contribution >= 0.6 is 0 Å². The molecule has 96 valence electrons. The smallest absolute Gasteiger partial charge is 0.240 e. The van der Waals surface area contributed by atoms with Gasteiger partial charge in [0.25, 0.3) is 0 Å². The molecule has 0 radical (unpaired) electrons. The van der Waals surface area contributed by atoms with E-state index >= 15 is 0 Å². The van der Waals surface area contributed by atoms with Crippen molar-refractivity contribution in [3.05, 3.63) is 35.9 Å². The summed E-state index contributed by atoms with van der Waals surface area (Å²) in [7, 11) is 0. The van der Waals surface area contributed by atoms with E-state index in [1.54, 1.807) is 4.90 Å². The highest BCUT2D eigenvalue weighted by molar-refractivity contribution is 5.87. The fourth-order valence-corrected chi connectivity index (χ4v) is 2.18. The number of hydrogen-bond donors (Lipinski definition) is 2. The maximum Gasteiger partial charge on any atom is 0.240 e. The molecular weight excluding hydrogens is 228 g/mol. The van der Waals surface area contributed by atoms with Crippen LogP contribution in [-0.2, 0) is 11.3 Å². The van der Waals surface area contributed by atoms with E-state index in [0.29, 0.717) is 12.5 Å². The summed E-state index contributed by atoms with van der Waals surface area (Å²) in [5, 5.41) is 0. The van der Waals surface area contributed by atoms with Crippen molar-refractivity contribution in [1.82, 2.24) is 4.90 Å². The van der Waals surface area contributed by atoms with Crippen LogP contribution in [0.2, 0.25) is 0 Å². The van der Waals surface area contributed by atoms with E-state index in [2.05, 4.69) is 4.99 Å². The van der Waals surface area contributed by atoms with Crippen LogP contribution in [0.1, 0.15) is 18.4 Å². The molecule has 1 aromatic carbocycles. The zero-order valence-electron chi connectivity index (χ0n) is 10.2. The topological polar surface area (TPSA) is 84.7 Å². The van der Waals surface area contributed by atoms with E-state index in [4.69, 9.17) is 11.5 Å². The molecule has 5 nitrogen and oxygen atoms in total. The number of primary amides is 1. The Morgan fingerprint density at radius 2 is 2.06 bits per heavy atom. The average Bonchev–Trinajstić information content (AvgIpc) is 2.86. The summed E-state index contributed by atoms with van der Waals surface area (Å²) in [6.45, 7) is 1.27. The molecule has 1 heterocycles. The molecule has 5 heteroatoms. The molecular formula is C13H18N4O. The highest BCUT2D eigenvalue weighted by Crippen LogP contribution is 2.16. The number of amides is 1. The Morgan fingerprint density at radius 1 is 1.33 bits per heavy atom. The molecule has 1 atom stereocenters. The number of benzene rings is 1. The van der Waals surface area contributed by atoms with Crippen molar-refractivity contribution in [2.75, 3.05) is 6.54 Å². The van der Waals surface area contributed by atoms with Gasteiger partial charge in [-0.3, -0.25) is 4.79 Å². The van der Waals surface area contributed by atoms with Crippen molar-refractivity contribution >= 4 is 11.9 Å². The summed E-state index contributed by atoms with van der Waals surface area (Å²) in [4.78, 5) is 17.4. The zero-order chi connectivity index (χ0) is 13.0. The molecule has 1 aliphatic heterocycles. The second-order valence-corrected chi connectivity index (χ2v) is 4.41. The van der Waals surface area contributed by atoms with Gasteiger partial charge in [-0.15, -0.1) is 0 Å². The van der Waals surface area contributed by atoms with E-state index in [-0.39, 0.29) is 11.9 Å². The molecule has 2 rings (SSSR count). The monoisotopic (exact) mass is 246 g/mol. The molecule has 1 unspecified atom stereocenters. The fourth-order valence-electron chi connectivity index (χ4n) is 2.18. The molecule has 0 spiro atoms. The minimum Gasteiger partial charge on any atom is -0.370 e. The largest absolute Gasteiger partial charge is 0.370 e. The summed E-state index contributed by atoms with van der Waals surface area (Å²) in [6.07, 6.45) is 1.69. The average molecular weight is 246 g/mol. The van der Waals surface area contributed by atoms with Crippen LogP contribution in [-0.4, -0.2) is 29.4 Å². The number of aliphatic imine (C=N–C) groups is 1. The van der Waals surface area contributed by atoms with Crippen LogP contribution in [0.25, 0.3) is 0 Å². The first kappa shape index (κ1) is 12.4. The number of nitrogens with zero attached hydrogens (tertiary/aromatic N) is 2. The quantitative estimate of drug-likeness (QED) is 0.600. The van der Waals surface area contributed by atoms with Crippen LogP contribution in [0.5, 0.6) is 0 Å². The van der Waals surface area contributed by atoms with E-state index in [9.17, 15) is 4.79 Å². The lowest BCUT2D eigenvalue weighted by atomic mass is 10.2. The molecule has 0 aromatic heterocycles. The van der Waals surface area contributed by atoms with Gasteiger partial charge in [0.2, 0.25) is 5.91 Å². The second-order valence-electron chi connectivity index (χ2n) is 4.41. The van der Waals surface area contributed by atoms with Gasteiger partial charge in [0.05, 0.1) is 6.54 Å². The van der Waals surface area contributed by atoms with E-state index in [1.807, 2.05) is 30.3 Å². The number of rotatable bonds is 3. The van der Waals surface area contributed by atoms with Crippen molar-refractivity contribution in [3.8, 4) is 0 Å². The summed E-state index contributed by atoms with van der Waals surface area (Å²) in [5.74, 6) is 0.0746. The molecule has 1 saturated heterocycles. The van der Waals surface area contributed by atoms with Gasteiger partial charge in [0.15, 0.2) is 5.96 Å². The Balaban J connectivity index is 2.02. The molecule has 1 aromatic rings. The lowest BCUT2D eigenvalue weighted by Gasteiger charge is -2.22. The third kappa shape index (κ3) is 2.80. The Hall–Kier alpha value is -2.04. The van der Waals surface area contributed by atoms with Crippen molar-refractivity contribution in [2.45, 2.75) is 25.4 Å². The minimum absolute atomic E-state index is 0.301. The van der Waals surface area contributed by atoms with E-state index in [1.165, 1.54) is 0 Å². The van der Waals surface area contributed by atoms with E-state index < -0.39 is 0 Å². The number of guanidine groups is 1. The highest BCUT2D eigenvalue weighted by atomic mass is 16.1. The molecule has 0 bridgehead atoms. The molecule has 0 saturated carbocycles. The molecule has 1 amide bonds. The Kier molecular flexibility index (Phi) is 3.82. The number of carbonyl (C=O) groups is 1. The number of hydrogen-bond acceptors (Lipinski definition) is 2. The number of carbonyl (C=O) groups excluding carboxylic acids is 1. The fraction of sp³-hybridized carbons (Fsp3) is 0.385. The van der Waals surface area contributed by atoms with Crippen LogP contribution in [0.4, 0.5) is 0 Å². The third-order valence-corrected chi connectivity index (χ3v) is 3.14. The molecule has 18 heavy (non-hydrogen) atoms. The Labute approximate surface area is 106 Å². The molecule has 0 aliphatic carbocycles. The van der Waals surface area contributed by atoms with Crippen molar-refractivity contribution < 1.29 is 4.79 Å². The summed E-state index contributed by atoms with van der Waals surface area (Å²) < 4.78 is 0. The Bertz CT molecular complexity index is 444. The highest BCUT2D eigenvalue weighted by Gasteiger charge is 2.30. The summed E-state index contributed by atoms with van der Waals surface area (Å²) in [6, 6.07) is 9.56. The first-order valence-corrected chi connectivity index (χ1v) is 6.08. The van der Waals surface area contributed by atoms with E-state index in [0.717, 1.165) is 24.9 Å². The van der Waals surface area contributed by atoms with Gasteiger partial charge in [-0.05, 0) is 18.4 Å². The first-order valence-electron chi connectivity index (χ1n) is 6.08. The van der Waals surface area contributed by atoms with Gasteiger partial charge in [0, 0.05) is 6.54 Å². The maximum absolute atomic E-state index is 11.3. The van der Waals surface area contributed by atoms with Gasteiger partial charge in [-0.2, -0.15) is 0 Å². The molecule has 4 N–H and O–H groups in total.